The van der Waals surface area contributed by atoms with Crippen molar-refractivity contribution in [3.8, 4) is 0 Å². The number of aliphatic hydroxyl groups is 1. The van der Waals surface area contributed by atoms with Crippen molar-refractivity contribution >= 4 is 5.91 Å². The first-order chi connectivity index (χ1) is 8.09. The van der Waals surface area contributed by atoms with Crippen LogP contribution in [0.2, 0.25) is 0 Å². The van der Waals surface area contributed by atoms with Gasteiger partial charge in [0.2, 0.25) is 5.91 Å². The summed E-state index contributed by atoms with van der Waals surface area (Å²) in [6.07, 6.45) is 5.24. The molecule has 1 saturated carbocycles. The summed E-state index contributed by atoms with van der Waals surface area (Å²) >= 11 is 0. The standard InChI is InChI=1S/C13H23NO3/c1-11-10-14(7-8-17-11)12(15)9-13(16)5-3-2-4-6-13/h11,16H,2-10H2,1H3. The molecule has 1 amide bonds. The summed E-state index contributed by atoms with van der Waals surface area (Å²) in [6, 6.07) is 0. The van der Waals surface area contributed by atoms with E-state index in [-0.39, 0.29) is 12.0 Å². The third-order valence-corrected chi connectivity index (χ3v) is 3.86. The maximum absolute atomic E-state index is 12.1. The summed E-state index contributed by atoms with van der Waals surface area (Å²) < 4.78 is 5.42. The Morgan fingerprint density at radius 1 is 1.41 bits per heavy atom. The minimum Gasteiger partial charge on any atom is -0.389 e. The minimum absolute atomic E-state index is 0.0875. The summed E-state index contributed by atoms with van der Waals surface area (Å²) in [5.74, 6) is 0.0875. The number of carbonyl (C=O) groups excluding carboxylic acids is 1. The number of ether oxygens (including phenoxy) is 1. The molecule has 1 saturated heterocycles. The van der Waals surface area contributed by atoms with Gasteiger partial charge in [0.05, 0.1) is 24.7 Å². The average Bonchev–Trinajstić information content (AvgIpc) is 2.29. The minimum atomic E-state index is -0.739. The molecular weight excluding hydrogens is 218 g/mol. The first kappa shape index (κ1) is 12.8. The highest BCUT2D eigenvalue weighted by atomic mass is 16.5. The van der Waals surface area contributed by atoms with Crippen LogP contribution in [0.1, 0.15) is 45.4 Å². The van der Waals surface area contributed by atoms with Crippen LogP contribution < -0.4 is 0 Å². The van der Waals surface area contributed by atoms with Gasteiger partial charge < -0.3 is 14.7 Å². The van der Waals surface area contributed by atoms with E-state index in [0.29, 0.717) is 26.1 Å². The van der Waals surface area contributed by atoms with Gasteiger partial charge >= 0.3 is 0 Å². The van der Waals surface area contributed by atoms with Gasteiger partial charge in [-0.05, 0) is 19.8 Å². The molecule has 98 valence electrons. The fourth-order valence-corrected chi connectivity index (χ4v) is 2.82. The molecule has 4 heteroatoms. The first-order valence-corrected chi connectivity index (χ1v) is 6.71. The van der Waals surface area contributed by atoms with Gasteiger partial charge in [-0.3, -0.25) is 4.79 Å². The molecule has 1 aliphatic heterocycles. The molecule has 0 bridgehead atoms. The Bertz CT molecular complexity index is 274. The van der Waals surface area contributed by atoms with Crippen LogP contribution in [0, 0.1) is 0 Å². The van der Waals surface area contributed by atoms with Crippen molar-refractivity contribution in [3.05, 3.63) is 0 Å². The van der Waals surface area contributed by atoms with E-state index in [4.69, 9.17) is 4.74 Å². The highest BCUT2D eigenvalue weighted by molar-refractivity contribution is 5.77. The predicted octanol–water partition coefficient (Wildman–Crippen LogP) is 1.32. The summed E-state index contributed by atoms with van der Waals surface area (Å²) in [7, 11) is 0. The SMILES string of the molecule is CC1CN(C(=O)CC2(O)CCCCC2)CCO1. The van der Waals surface area contributed by atoms with E-state index in [2.05, 4.69) is 0 Å². The second-order valence-electron chi connectivity index (χ2n) is 5.48. The van der Waals surface area contributed by atoms with E-state index >= 15 is 0 Å². The molecule has 1 heterocycles. The zero-order valence-electron chi connectivity index (χ0n) is 10.7. The van der Waals surface area contributed by atoms with Crippen molar-refractivity contribution in [1.29, 1.82) is 0 Å². The smallest absolute Gasteiger partial charge is 0.225 e. The lowest BCUT2D eigenvalue weighted by Crippen LogP contribution is -2.47. The van der Waals surface area contributed by atoms with E-state index in [1.165, 1.54) is 6.42 Å². The topological polar surface area (TPSA) is 49.8 Å². The lowest BCUT2D eigenvalue weighted by Gasteiger charge is -2.36. The summed E-state index contributed by atoms with van der Waals surface area (Å²) in [4.78, 5) is 14.0. The van der Waals surface area contributed by atoms with Gasteiger partial charge in [-0.25, -0.2) is 0 Å². The zero-order chi connectivity index (χ0) is 12.3. The summed E-state index contributed by atoms with van der Waals surface area (Å²) in [6.45, 7) is 3.92. The van der Waals surface area contributed by atoms with Crippen LogP contribution >= 0.6 is 0 Å². The van der Waals surface area contributed by atoms with E-state index < -0.39 is 5.60 Å². The molecule has 2 fully saturated rings. The Kier molecular flexibility index (Phi) is 4.05. The van der Waals surface area contributed by atoms with Gasteiger partial charge in [-0.15, -0.1) is 0 Å². The first-order valence-electron chi connectivity index (χ1n) is 6.71. The Balaban J connectivity index is 1.87. The molecule has 17 heavy (non-hydrogen) atoms. The van der Waals surface area contributed by atoms with E-state index in [1.807, 2.05) is 11.8 Å². The molecule has 0 aromatic heterocycles. The molecule has 2 rings (SSSR count). The molecule has 0 aromatic carbocycles. The third-order valence-electron chi connectivity index (χ3n) is 3.86. The largest absolute Gasteiger partial charge is 0.389 e. The van der Waals surface area contributed by atoms with Crippen LogP contribution in [0.15, 0.2) is 0 Å². The molecule has 1 atom stereocenters. The molecule has 1 aliphatic carbocycles. The number of rotatable bonds is 2. The van der Waals surface area contributed by atoms with Crippen molar-refractivity contribution in [2.75, 3.05) is 19.7 Å². The number of hydrogen-bond donors (Lipinski definition) is 1. The van der Waals surface area contributed by atoms with Crippen molar-refractivity contribution in [3.63, 3.8) is 0 Å². The van der Waals surface area contributed by atoms with Gasteiger partial charge in [-0.1, -0.05) is 19.3 Å². The van der Waals surface area contributed by atoms with E-state index in [0.717, 1.165) is 25.7 Å². The van der Waals surface area contributed by atoms with Gasteiger partial charge in [0, 0.05) is 13.1 Å². The lowest BCUT2D eigenvalue weighted by molar-refractivity contribution is -0.144. The van der Waals surface area contributed by atoms with Gasteiger partial charge in [0.25, 0.3) is 0 Å². The van der Waals surface area contributed by atoms with Gasteiger partial charge in [-0.2, -0.15) is 0 Å². The predicted molar refractivity (Wildman–Crippen MR) is 64.6 cm³/mol. The fraction of sp³-hybridized carbons (Fsp3) is 0.923. The molecule has 0 spiro atoms. The lowest BCUT2D eigenvalue weighted by atomic mass is 9.82. The Morgan fingerprint density at radius 2 is 2.12 bits per heavy atom. The number of amides is 1. The zero-order valence-corrected chi connectivity index (χ0v) is 10.7. The number of nitrogens with zero attached hydrogens (tertiary/aromatic N) is 1. The van der Waals surface area contributed by atoms with Crippen molar-refractivity contribution < 1.29 is 14.6 Å². The summed E-state index contributed by atoms with van der Waals surface area (Å²) in [5.41, 5.74) is -0.739. The molecule has 2 aliphatic rings. The van der Waals surface area contributed by atoms with Crippen LogP contribution in [0.25, 0.3) is 0 Å². The Morgan fingerprint density at radius 3 is 2.76 bits per heavy atom. The molecule has 0 aromatic rings. The normalized spacial score (nSPS) is 29.1. The maximum Gasteiger partial charge on any atom is 0.225 e. The van der Waals surface area contributed by atoms with Crippen LogP contribution in [-0.2, 0) is 9.53 Å². The second-order valence-corrected chi connectivity index (χ2v) is 5.48. The van der Waals surface area contributed by atoms with Gasteiger partial charge in [0.1, 0.15) is 0 Å². The Hall–Kier alpha value is -0.610. The number of hydrogen-bond acceptors (Lipinski definition) is 3. The van der Waals surface area contributed by atoms with Crippen LogP contribution in [0.3, 0.4) is 0 Å². The highest BCUT2D eigenvalue weighted by Gasteiger charge is 2.34. The fourth-order valence-electron chi connectivity index (χ4n) is 2.82. The van der Waals surface area contributed by atoms with Crippen molar-refractivity contribution in [2.24, 2.45) is 0 Å². The Labute approximate surface area is 103 Å². The summed E-state index contributed by atoms with van der Waals surface area (Å²) in [5, 5.41) is 10.4. The van der Waals surface area contributed by atoms with Crippen LogP contribution in [0.4, 0.5) is 0 Å². The quantitative estimate of drug-likeness (QED) is 0.793. The van der Waals surface area contributed by atoms with Crippen molar-refractivity contribution in [2.45, 2.75) is 57.2 Å². The molecule has 1 N–H and O–H groups in total. The van der Waals surface area contributed by atoms with Gasteiger partial charge in [0.15, 0.2) is 0 Å². The molecular formula is C13H23NO3. The highest BCUT2D eigenvalue weighted by Crippen LogP contribution is 2.31. The monoisotopic (exact) mass is 241 g/mol. The maximum atomic E-state index is 12.1. The average molecular weight is 241 g/mol. The van der Waals surface area contributed by atoms with E-state index in [9.17, 15) is 9.90 Å². The third kappa shape index (κ3) is 3.42. The number of morpholine rings is 1. The molecule has 0 radical (unpaired) electrons. The molecule has 4 nitrogen and oxygen atoms in total. The number of carbonyl (C=O) groups is 1. The van der Waals surface area contributed by atoms with E-state index in [1.54, 1.807) is 0 Å². The van der Waals surface area contributed by atoms with Crippen molar-refractivity contribution in [1.82, 2.24) is 4.90 Å². The molecule has 1 unspecified atom stereocenters. The van der Waals surface area contributed by atoms with Crippen LogP contribution in [-0.4, -0.2) is 47.3 Å². The van der Waals surface area contributed by atoms with Crippen LogP contribution in [0.5, 0.6) is 0 Å². The second kappa shape index (κ2) is 5.36.